The first-order valence-electron chi connectivity index (χ1n) is 10.8. The average Bonchev–Trinajstić information content (AvgIpc) is 3.15. The molecular weight excluding hydrogens is 434 g/mol. The molecule has 1 aromatic heterocycles. The van der Waals surface area contributed by atoms with Gasteiger partial charge in [0.05, 0.1) is 16.8 Å². The zero-order chi connectivity index (χ0) is 23.2. The molecule has 4 rings (SSSR count). The molecule has 0 atom stereocenters. The summed E-state index contributed by atoms with van der Waals surface area (Å²) >= 11 is 1.41. The Balaban J connectivity index is 1.68. The standard InChI is InChI=1S/C26H25N3O3S/c1-3-32-16-15-29-23-14-13-22(27-18(2)30)17-24(23)33-26(29)28-25(31)21-11-9-20(10-12-21)19-7-5-4-6-8-19/h4-14,17H,3,15-16H2,1-2H3,(H,27,30). The quantitative estimate of drug-likeness (QED) is 0.391. The molecule has 4 aromatic rings. The van der Waals surface area contributed by atoms with E-state index in [1.54, 1.807) is 12.1 Å². The molecule has 0 fully saturated rings. The Kier molecular flexibility index (Phi) is 7.12. The van der Waals surface area contributed by atoms with Gasteiger partial charge in [0.25, 0.3) is 5.91 Å². The number of nitrogens with zero attached hydrogens (tertiary/aromatic N) is 2. The van der Waals surface area contributed by atoms with Gasteiger partial charge >= 0.3 is 0 Å². The summed E-state index contributed by atoms with van der Waals surface area (Å²) in [6.07, 6.45) is 0. The van der Waals surface area contributed by atoms with Crippen molar-refractivity contribution in [1.29, 1.82) is 0 Å². The second-order valence-corrected chi connectivity index (χ2v) is 8.47. The zero-order valence-corrected chi connectivity index (χ0v) is 19.4. The van der Waals surface area contributed by atoms with Gasteiger partial charge in [0.1, 0.15) is 0 Å². The number of ether oxygens (including phenoxy) is 1. The fourth-order valence-electron chi connectivity index (χ4n) is 3.54. The Labute approximate surface area is 196 Å². The molecule has 0 aliphatic heterocycles. The lowest BCUT2D eigenvalue weighted by molar-refractivity contribution is -0.114. The number of hydrogen-bond donors (Lipinski definition) is 1. The van der Waals surface area contributed by atoms with Gasteiger partial charge in [0.15, 0.2) is 4.80 Å². The molecule has 0 saturated carbocycles. The van der Waals surface area contributed by atoms with Crippen LogP contribution in [0.2, 0.25) is 0 Å². The fourth-order valence-corrected chi connectivity index (χ4v) is 4.64. The van der Waals surface area contributed by atoms with Gasteiger partial charge in [-0.25, -0.2) is 0 Å². The number of carbonyl (C=O) groups excluding carboxylic acids is 2. The third-order valence-corrected chi connectivity index (χ3v) is 6.14. The number of nitrogens with one attached hydrogen (secondary N) is 1. The van der Waals surface area contributed by atoms with Gasteiger partial charge < -0.3 is 14.6 Å². The molecule has 0 saturated heterocycles. The Morgan fingerprint density at radius 3 is 2.42 bits per heavy atom. The van der Waals surface area contributed by atoms with Gasteiger partial charge in [-0.1, -0.05) is 53.8 Å². The molecular formula is C26H25N3O3S. The van der Waals surface area contributed by atoms with Crippen LogP contribution in [0.5, 0.6) is 0 Å². The number of thiazole rings is 1. The lowest BCUT2D eigenvalue weighted by atomic mass is 10.0. The highest BCUT2D eigenvalue weighted by molar-refractivity contribution is 7.16. The van der Waals surface area contributed by atoms with Crippen LogP contribution in [0.15, 0.2) is 77.8 Å². The minimum absolute atomic E-state index is 0.130. The second-order valence-electron chi connectivity index (χ2n) is 7.46. The Bertz CT molecular complexity index is 1340. The number of fused-ring (bicyclic) bond motifs is 1. The van der Waals surface area contributed by atoms with Crippen molar-refractivity contribution in [3.05, 3.63) is 83.2 Å². The van der Waals surface area contributed by atoms with Gasteiger partial charge in [0, 0.05) is 31.3 Å². The SMILES string of the molecule is CCOCCn1c(=NC(=O)c2ccc(-c3ccccc3)cc2)sc2cc(NC(C)=O)ccc21. The predicted octanol–water partition coefficient (Wildman–Crippen LogP) is 5.11. The maximum atomic E-state index is 13.0. The Hall–Kier alpha value is -3.55. The average molecular weight is 460 g/mol. The molecule has 1 N–H and O–H groups in total. The number of carbonyl (C=O) groups is 2. The molecule has 33 heavy (non-hydrogen) atoms. The van der Waals surface area contributed by atoms with Gasteiger partial charge in [-0.3, -0.25) is 9.59 Å². The minimum atomic E-state index is -0.298. The molecule has 7 heteroatoms. The lowest BCUT2D eigenvalue weighted by Gasteiger charge is -2.06. The summed E-state index contributed by atoms with van der Waals surface area (Å²) in [4.78, 5) is 29.4. The smallest absolute Gasteiger partial charge is 0.279 e. The Morgan fingerprint density at radius 1 is 1.00 bits per heavy atom. The van der Waals surface area contributed by atoms with E-state index in [4.69, 9.17) is 4.74 Å². The highest BCUT2D eigenvalue weighted by atomic mass is 32.1. The van der Waals surface area contributed by atoms with Crippen molar-refractivity contribution >= 4 is 39.1 Å². The van der Waals surface area contributed by atoms with E-state index >= 15 is 0 Å². The van der Waals surface area contributed by atoms with Crippen molar-refractivity contribution in [2.75, 3.05) is 18.5 Å². The summed E-state index contributed by atoms with van der Waals surface area (Å²) in [5.74, 6) is -0.428. The molecule has 0 aliphatic carbocycles. The van der Waals surface area contributed by atoms with E-state index in [1.807, 2.05) is 72.2 Å². The van der Waals surface area contributed by atoms with Crippen LogP contribution in [0.4, 0.5) is 5.69 Å². The van der Waals surface area contributed by atoms with Gasteiger partial charge in [0.2, 0.25) is 5.91 Å². The molecule has 2 amide bonds. The summed E-state index contributed by atoms with van der Waals surface area (Å²) in [6.45, 7) is 5.14. The van der Waals surface area contributed by atoms with Crippen molar-refractivity contribution in [2.24, 2.45) is 4.99 Å². The van der Waals surface area contributed by atoms with Gasteiger partial charge in [-0.05, 0) is 48.4 Å². The number of aromatic nitrogens is 1. The first kappa shape index (κ1) is 22.6. The van der Waals surface area contributed by atoms with Crippen molar-refractivity contribution in [3.8, 4) is 11.1 Å². The van der Waals surface area contributed by atoms with E-state index in [2.05, 4.69) is 10.3 Å². The van der Waals surface area contributed by atoms with Crippen molar-refractivity contribution in [1.82, 2.24) is 4.57 Å². The van der Waals surface area contributed by atoms with E-state index in [-0.39, 0.29) is 11.8 Å². The number of hydrogen-bond acceptors (Lipinski definition) is 4. The van der Waals surface area contributed by atoms with Gasteiger partial charge in [-0.2, -0.15) is 4.99 Å². The molecule has 0 unspecified atom stereocenters. The van der Waals surface area contributed by atoms with E-state index in [1.165, 1.54) is 18.3 Å². The number of anilines is 1. The van der Waals surface area contributed by atoms with Crippen LogP contribution in [-0.2, 0) is 16.1 Å². The van der Waals surface area contributed by atoms with Crippen molar-refractivity contribution in [2.45, 2.75) is 20.4 Å². The van der Waals surface area contributed by atoms with Crippen molar-refractivity contribution in [3.63, 3.8) is 0 Å². The van der Waals surface area contributed by atoms with Crippen molar-refractivity contribution < 1.29 is 14.3 Å². The number of benzene rings is 3. The summed E-state index contributed by atoms with van der Waals surface area (Å²) in [6, 6.07) is 23.2. The minimum Gasteiger partial charge on any atom is -0.380 e. The van der Waals surface area contributed by atoms with Crippen LogP contribution in [0, 0.1) is 0 Å². The fraction of sp³-hybridized carbons (Fsp3) is 0.192. The number of rotatable bonds is 7. The first-order valence-corrected chi connectivity index (χ1v) is 11.6. The van der Waals surface area contributed by atoms with Crippen LogP contribution in [0.25, 0.3) is 21.3 Å². The summed E-state index contributed by atoms with van der Waals surface area (Å²) in [5.41, 5.74) is 4.33. The second kappa shape index (κ2) is 10.4. The monoisotopic (exact) mass is 459 g/mol. The maximum Gasteiger partial charge on any atom is 0.279 e. The largest absolute Gasteiger partial charge is 0.380 e. The maximum absolute atomic E-state index is 13.0. The van der Waals surface area contributed by atoms with E-state index < -0.39 is 0 Å². The lowest BCUT2D eigenvalue weighted by Crippen LogP contribution is -2.19. The molecule has 0 spiro atoms. The Morgan fingerprint density at radius 2 is 1.73 bits per heavy atom. The topological polar surface area (TPSA) is 72.7 Å². The van der Waals surface area contributed by atoms with Crippen LogP contribution in [0.1, 0.15) is 24.2 Å². The van der Waals surface area contributed by atoms with Crippen LogP contribution >= 0.6 is 11.3 Å². The molecule has 6 nitrogen and oxygen atoms in total. The summed E-state index contributed by atoms with van der Waals surface area (Å²) in [7, 11) is 0. The highest BCUT2D eigenvalue weighted by Crippen LogP contribution is 2.23. The molecule has 3 aromatic carbocycles. The predicted molar refractivity (Wildman–Crippen MR) is 132 cm³/mol. The third-order valence-electron chi connectivity index (χ3n) is 5.10. The van der Waals surface area contributed by atoms with Crippen LogP contribution in [-0.4, -0.2) is 29.6 Å². The van der Waals surface area contributed by atoms with E-state index in [9.17, 15) is 9.59 Å². The zero-order valence-electron chi connectivity index (χ0n) is 18.6. The number of amides is 2. The van der Waals surface area contributed by atoms with E-state index in [0.717, 1.165) is 21.3 Å². The summed E-state index contributed by atoms with van der Waals surface area (Å²) in [5, 5.41) is 2.80. The normalized spacial score (nSPS) is 11.6. The molecule has 0 radical (unpaired) electrons. The molecule has 1 heterocycles. The molecule has 0 aliphatic rings. The van der Waals surface area contributed by atoms with Crippen LogP contribution in [0.3, 0.4) is 0 Å². The van der Waals surface area contributed by atoms with E-state index in [0.29, 0.717) is 35.8 Å². The van der Waals surface area contributed by atoms with Crippen LogP contribution < -0.4 is 10.1 Å². The highest BCUT2D eigenvalue weighted by Gasteiger charge is 2.11. The summed E-state index contributed by atoms with van der Waals surface area (Å²) < 4.78 is 8.46. The first-order chi connectivity index (χ1) is 16.0. The van der Waals surface area contributed by atoms with Gasteiger partial charge in [-0.15, -0.1) is 0 Å². The molecule has 168 valence electrons. The molecule has 0 bridgehead atoms. The third kappa shape index (κ3) is 5.45.